The molecule has 1 atom stereocenters. The predicted molar refractivity (Wildman–Crippen MR) is 78.1 cm³/mol. The van der Waals surface area contributed by atoms with Gasteiger partial charge in [0.05, 0.1) is 13.3 Å². The van der Waals surface area contributed by atoms with Gasteiger partial charge in [-0.05, 0) is 37.3 Å². The van der Waals surface area contributed by atoms with Crippen LogP contribution in [0.4, 0.5) is 0 Å². The van der Waals surface area contributed by atoms with E-state index in [2.05, 4.69) is 10.00 Å². The van der Waals surface area contributed by atoms with E-state index in [4.69, 9.17) is 4.74 Å². The zero-order valence-corrected chi connectivity index (χ0v) is 12.0. The normalized spacial score (nSPS) is 22.4. The smallest absolute Gasteiger partial charge is 0.351 e. The highest BCUT2D eigenvalue weighted by molar-refractivity contribution is 5.35. The minimum atomic E-state index is -0.0566. The van der Waals surface area contributed by atoms with E-state index in [1.165, 1.54) is 12.8 Å². The van der Waals surface area contributed by atoms with Gasteiger partial charge in [0, 0.05) is 25.4 Å². The molecule has 1 saturated carbocycles. The molecule has 2 fully saturated rings. The van der Waals surface area contributed by atoms with Crippen LogP contribution in [0.25, 0.3) is 5.65 Å². The molecule has 0 aromatic carbocycles. The fourth-order valence-electron chi connectivity index (χ4n) is 3.05. The maximum absolute atomic E-state index is 12.4. The molecule has 0 amide bonds. The predicted octanol–water partition coefficient (Wildman–Crippen LogP) is 0.954. The van der Waals surface area contributed by atoms with E-state index in [1.54, 1.807) is 15.3 Å². The standard InChI is InChI=1S/C15H20N4O2/c20-15-18-7-2-1-3-14(18)16-19(15)11-17(13-4-5-13)9-12-6-8-21-10-12/h1-3,7,12-13H,4-6,8-11H2. The quantitative estimate of drug-likeness (QED) is 0.822. The summed E-state index contributed by atoms with van der Waals surface area (Å²) in [5.74, 6) is 0.596. The van der Waals surface area contributed by atoms with Crippen molar-refractivity contribution in [1.82, 2.24) is 19.1 Å². The van der Waals surface area contributed by atoms with Crippen LogP contribution in [0.1, 0.15) is 19.3 Å². The summed E-state index contributed by atoms with van der Waals surface area (Å²) in [6, 6.07) is 6.24. The van der Waals surface area contributed by atoms with Crippen LogP contribution in [0, 0.1) is 5.92 Å². The average molecular weight is 288 g/mol. The average Bonchev–Trinajstić information content (AvgIpc) is 3.14. The minimum Gasteiger partial charge on any atom is -0.381 e. The van der Waals surface area contributed by atoms with E-state index < -0.39 is 0 Å². The first-order chi connectivity index (χ1) is 10.3. The molecule has 1 unspecified atom stereocenters. The van der Waals surface area contributed by atoms with Crippen LogP contribution >= 0.6 is 0 Å². The van der Waals surface area contributed by atoms with Gasteiger partial charge in [0.1, 0.15) is 0 Å². The maximum atomic E-state index is 12.4. The Morgan fingerprint density at radius 2 is 2.24 bits per heavy atom. The fourth-order valence-corrected chi connectivity index (χ4v) is 3.05. The zero-order chi connectivity index (χ0) is 14.2. The van der Waals surface area contributed by atoms with E-state index in [9.17, 15) is 4.79 Å². The van der Waals surface area contributed by atoms with Gasteiger partial charge < -0.3 is 4.74 Å². The summed E-state index contributed by atoms with van der Waals surface area (Å²) in [7, 11) is 0. The van der Waals surface area contributed by atoms with E-state index in [1.807, 2.05) is 18.2 Å². The molecule has 1 aliphatic carbocycles. The topological polar surface area (TPSA) is 51.8 Å². The number of aromatic nitrogens is 3. The summed E-state index contributed by atoms with van der Waals surface area (Å²) in [4.78, 5) is 14.8. The van der Waals surface area contributed by atoms with E-state index in [0.717, 1.165) is 26.2 Å². The highest BCUT2D eigenvalue weighted by Gasteiger charge is 2.32. The third-order valence-corrected chi connectivity index (χ3v) is 4.38. The molecule has 0 N–H and O–H groups in total. The number of fused-ring (bicyclic) bond motifs is 1. The van der Waals surface area contributed by atoms with Gasteiger partial charge in [0.25, 0.3) is 0 Å². The van der Waals surface area contributed by atoms with Crippen LogP contribution in [-0.2, 0) is 11.4 Å². The molecule has 1 saturated heterocycles. The molecular weight excluding hydrogens is 268 g/mol. The second kappa shape index (κ2) is 5.27. The Balaban J connectivity index is 1.56. The third kappa shape index (κ3) is 2.61. The molecule has 2 aromatic heterocycles. The van der Waals surface area contributed by atoms with Crippen LogP contribution in [0.2, 0.25) is 0 Å². The lowest BCUT2D eigenvalue weighted by Crippen LogP contribution is -2.37. The Morgan fingerprint density at radius 3 is 2.95 bits per heavy atom. The Morgan fingerprint density at radius 1 is 1.33 bits per heavy atom. The van der Waals surface area contributed by atoms with Gasteiger partial charge in [-0.15, -0.1) is 5.10 Å². The van der Waals surface area contributed by atoms with Crippen molar-refractivity contribution in [3.63, 3.8) is 0 Å². The molecule has 6 heteroatoms. The van der Waals surface area contributed by atoms with Crippen molar-refractivity contribution in [1.29, 1.82) is 0 Å². The molecule has 2 aliphatic rings. The lowest BCUT2D eigenvalue weighted by molar-refractivity contribution is 0.141. The Labute approximate surface area is 122 Å². The summed E-state index contributed by atoms with van der Waals surface area (Å²) in [6.45, 7) is 3.31. The van der Waals surface area contributed by atoms with E-state index >= 15 is 0 Å². The van der Waals surface area contributed by atoms with Crippen molar-refractivity contribution in [3.05, 3.63) is 34.9 Å². The number of hydrogen-bond donors (Lipinski definition) is 0. The molecule has 1 aliphatic heterocycles. The molecular formula is C15H20N4O2. The van der Waals surface area contributed by atoms with Gasteiger partial charge in [-0.25, -0.2) is 4.79 Å². The molecule has 112 valence electrons. The zero-order valence-electron chi connectivity index (χ0n) is 12.0. The van der Waals surface area contributed by atoms with Gasteiger partial charge in [0.15, 0.2) is 5.65 Å². The lowest BCUT2D eigenvalue weighted by atomic mass is 10.1. The number of hydrogen-bond acceptors (Lipinski definition) is 4. The number of pyridine rings is 1. The summed E-state index contributed by atoms with van der Waals surface area (Å²) in [6.07, 6.45) is 5.36. The molecule has 2 aromatic rings. The van der Waals surface area contributed by atoms with Crippen molar-refractivity contribution in [2.45, 2.75) is 32.0 Å². The highest BCUT2D eigenvalue weighted by Crippen LogP contribution is 2.29. The second-order valence-corrected chi connectivity index (χ2v) is 6.08. The summed E-state index contributed by atoms with van der Waals surface area (Å²) in [5.41, 5.74) is 0.654. The molecule has 4 rings (SSSR count). The van der Waals surface area contributed by atoms with Crippen molar-refractivity contribution >= 4 is 5.65 Å². The fraction of sp³-hybridized carbons (Fsp3) is 0.600. The van der Waals surface area contributed by atoms with Crippen molar-refractivity contribution in [2.24, 2.45) is 5.92 Å². The van der Waals surface area contributed by atoms with Crippen LogP contribution < -0.4 is 5.69 Å². The van der Waals surface area contributed by atoms with E-state index in [-0.39, 0.29) is 5.69 Å². The minimum absolute atomic E-state index is 0.0566. The molecule has 0 bridgehead atoms. The highest BCUT2D eigenvalue weighted by atomic mass is 16.5. The van der Waals surface area contributed by atoms with Crippen LogP contribution in [0.15, 0.2) is 29.2 Å². The first-order valence-corrected chi connectivity index (χ1v) is 7.67. The maximum Gasteiger partial charge on any atom is 0.351 e. The summed E-state index contributed by atoms with van der Waals surface area (Å²) >= 11 is 0. The second-order valence-electron chi connectivity index (χ2n) is 6.08. The largest absolute Gasteiger partial charge is 0.381 e. The molecule has 3 heterocycles. The van der Waals surface area contributed by atoms with Gasteiger partial charge in [-0.2, -0.15) is 4.68 Å². The van der Waals surface area contributed by atoms with Crippen LogP contribution in [0.3, 0.4) is 0 Å². The number of ether oxygens (including phenoxy) is 1. The van der Waals surface area contributed by atoms with Crippen molar-refractivity contribution in [3.8, 4) is 0 Å². The molecule has 0 spiro atoms. The number of nitrogens with zero attached hydrogens (tertiary/aromatic N) is 4. The Kier molecular flexibility index (Phi) is 3.27. The van der Waals surface area contributed by atoms with E-state index in [0.29, 0.717) is 24.3 Å². The number of rotatable bonds is 5. The van der Waals surface area contributed by atoms with Crippen molar-refractivity contribution in [2.75, 3.05) is 19.8 Å². The summed E-state index contributed by atoms with van der Waals surface area (Å²) < 4.78 is 8.65. The molecule has 0 radical (unpaired) electrons. The Hall–Kier alpha value is -1.66. The molecule has 6 nitrogen and oxygen atoms in total. The van der Waals surface area contributed by atoms with Gasteiger partial charge in [-0.3, -0.25) is 9.30 Å². The first kappa shape index (κ1) is 13.0. The SMILES string of the molecule is O=c1n(CN(CC2CCOC2)C2CC2)nc2ccccn12. The first-order valence-electron chi connectivity index (χ1n) is 7.67. The third-order valence-electron chi connectivity index (χ3n) is 4.38. The monoisotopic (exact) mass is 288 g/mol. The van der Waals surface area contributed by atoms with Crippen LogP contribution in [-0.4, -0.2) is 44.9 Å². The van der Waals surface area contributed by atoms with Crippen molar-refractivity contribution < 1.29 is 4.74 Å². The van der Waals surface area contributed by atoms with Crippen LogP contribution in [0.5, 0.6) is 0 Å². The van der Waals surface area contributed by atoms with Gasteiger partial charge in [-0.1, -0.05) is 6.07 Å². The lowest BCUT2D eigenvalue weighted by Gasteiger charge is -2.24. The van der Waals surface area contributed by atoms with Gasteiger partial charge >= 0.3 is 5.69 Å². The van der Waals surface area contributed by atoms with Gasteiger partial charge in [0.2, 0.25) is 0 Å². The summed E-state index contributed by atoms with van der Waals surface area (Å²) in [5, 5.41) is 4.43. The molecule has 21 heavy (non-hydrogen) atoms. The Bertz CT molecular complexity index is 682.